The first-order chi connectivity index (χ1) is 9.10. The lowest BCUT2D eigenvalue weighted by Crippen LogP contribution is -2.33. The standard InChI is InChI=1S/C14H20N2O3/c1-9(7-17)10(2)15-6-11-3-4-13-12(5-11)16-14(18)8-19-13/h3-5,9-10,15,17H,6-8H2,1-2H3,(H,16,18). The van der Waals surface area contributed by atoms with Crippen LogP contribution in [0.1, 0.15) is 19.4 Å². The monoisotopic (exact) mass is 264 g/mol. The highest BCUT2D eigenvalue weighted by Gasteiger charge is 2.16. The highest BCUT2D eigenvalue weighted by atomic mass is 16.5. The fourth-order valence-electron chi connectivity index (χ4n) is 1.88. The number of anilines is 1. The molecular weight excluding hydrogens is 244 g/mol. The molecule has 1 aromatic carbocycles. The van der Waals surface area contributed by atoms with E-state index in [0.717, 1.165) is 11.3 Å². The number of fused-ring (bicyclic) bond motifs is 1. The Morgan fingerprint density at radius 3 is 3.00 bits per heavy atom. The van der Waals surface area contributed by atoms with Gasteiger partial charge in [-0.2, -0.15) is 0 Å². The van der Waals surface area contributed by atoms with Crippen LogP contribution >= 0.6 is 0 Å². The summed E-state index contributed by atoms with van der Waals surface area (Å²) in [6.45, 7) is 4.98. The second-order valence-corrected chi connectivity index (χ2v) is 5.00. The molecule has 0 spiro atoms. The number of hydrogen-bond donors (Lipinski definition) is 3. The van der Waals surface area contributed by atoms with Crippen molar-refractivity contribution in [3.63, 3.8) is 0 Å². The summed E-state index contributed by atoms with van der Waals surface area (Å²) < 4.78 is 5.31. The first-order valence-corrected chi connectivity index (χ1v) is 6.50. The van der Waals surface area contributed by atoms with Gasteiger partial charge in [-0.25, -0.2) is 0 Å². The predicted molar refractivity (Wildman–Crippen MR) is 73.1 cm³/mol. The minimum absolute atomic E-state index is 0.0790. The van der Waals surface area contributed by atoms with Gasteiger partial charge in [0, 0.05) is 19.2 Å². The van der Waals surface area contributed by atoms with Crippen LogP contribution in [-0.2, 0) is 11.3 Å². The zero-order valence-corrected chi connectivity index (χ0v) is 11.3. The third-order valence-corrected chi connectivity index (χ3v) is 3.45. The largest absolute Gasteiger partial charge is 0.482 e. The minimum atomic E-state index is -0.125. The number of ether oxygens (including phenoxy) is 1. The molecule has 2 atom stereocenters. The van der Waals surface area contributed by atoms with Crippen molar-refractivity contribution in [2.45, 2.75) is 26.4 Å². The molecule has 1 aliphatic rings. The average Bonchev–Trinajstić information content (AvgIpc) is 2.43. The average molecular weight is 264 g/mol. The van der Waals surface area contributed by atoms with Crippen molar-refractivity contribution in [3.8, 4) is 5.75 Å². The molecule has 0 aromatic heterocycles. The molecule has 0 saturated heterocycles. The first kappa shape index (κ1) is 13.8. The highest BCUT2D eigenvalue weighted by Crippen LogP contribution is 2.28. The van der Waals surface area contributed by atoms with Crippen LogP contribution in [-0.4, -0.2) is 30.3 Å². The Morgan fingerprint density at radius 1 is 1.47 bits per heavy atom. The van der Waals surface area contributed by atoms with E-state index in [1.165, 1.54) is 0 Å². The zero-order chi connectivity index (χ0) is 13.8. The van der Waals surface area contributed by atoms with Crippen molar-refractivity contribution in [2.24, 2.45) is 5.92 Å². The number of benzene rings is 1. The Balaban J connectivity index is 1.98. The molecule has 1 heterocycles. The summed E-state index contributed by atoms with van der Waals surface area (Å²) in [5.41, 5.74) is 1.79. The van der Waals surface area contributed by atoms with Gasteiger partial charge in [0.1, 0.15) is 5.75 Å². The Bertz CT molecular complexity index is 462. The Kier molecular flexibility index (Phi) is 4.39. The first-order valence-electron chi connectivity index (χ1n) is 6.50. The van der Waals surface area contributed by atoms with Gasteiger partial charge in [-0.15, -0.1) is 0 Å². The summed E-state index contributed by atoms with van der Waals surface area (Å²) in [4.78, 5) is 11.3. The van der Waals surface area contributed by atoms with Crippen molar-refractivity contribution in [2.75, 3.05) is 18.5 Å². The molecule has 0 fully saturated rings. The molecule has 1 aromatic rings. The summed E-state index contributed by atoms with van der Waals surface area (Å²) in [7, 11) is 0. The highest BCUT2D eigenvalue weighted by molar-refractivity contribution is 5.95. The number of hydrogen-bond acceptors (Lipinski definition) is 4. The smallest absolute Gasteiger partial charge is 0.262 e. The second kappa shape index (κ2) is 6.04. The Morgan fingerprint density at radius 2 is 2.26 bits per heavy atom. The van der Waals surface area contributed by atoms with E-state index in [0.29, 0.717) is 12.3 Å². The van der Waals surface area contributed by atoms with E-state index in [4.69, 9.17) is 9.84 Å². The van der Waals surface area contributed by atoms with Crippen LogP contribution in [0.5, 0.6) is 5.75 Å². The van der Waals surface area contributed by atoms with E-state index >= 15 is 0 Å². The number of carbonyl (C=O) groups is 1. The lowest BCUT2D eigenvalue weighted by Gasteiger charge is -2.21. The molecule has 0 bridgehead atoms. The molecule has 0 aliphatic carbocycles. The second-order valence-electron chi connectivity index (χ2n) is 5.00. The van der Waals surface area contributed by atoms with Gasteiger partial charge < -0.3 is 20.5 Å². The predicted octanol–water partition coefficient (Wildman–Crippen LogP) is 1.12. The maximum atomic E-state index is 11.3. The molecule has 0 radical (unpaired) electrons. The molecule has 5 nitrogen and oxygen atoms in total. The van der Waals surface area contributed by atoms with Gasteiger partial charge in [0.15, 0.2) is 6.61 Å². The number of amides is 1. The Hall–Kier alpha value is -1.59. The summed E-state index contributed by atoms with van der Waals surface area (Å²) in [5.74, 6) is 0.792. The van der Waals surface area contributed by atoms with Crippen molar-refractivity contribution < 1.29 is 14.6 Å². The molecule has 1 amide bonds. The molecular formula is C14H20N2O3. The van der Waals surface area contributed by atoms with Crippen LogP contribution < -0.4 is 15.4 Å². The molecule has 1 aliphatic heterocycles. The van der Waals surface area contributed by atoms with E-state index in [2.05, 4.69) is 10.6 Å². The van der Waals surface area contributed by atoms with Gasteiger partial charge in [0.2, 0.25) is 0 Å². The number of nitrogens with one attached hydrogen (secondary N) is 2. The van der Waals surface area contributed by atoms with Gasteiger partial charge >= 0.3 is 0 Å². The summed E-state index contributed by atoms with van der Waals surface area (Å²) in [6.07, 6.45) is 0. The van der Waals surface area contributed by atoms with Crippen molar-refractivity contribution in [1.29, 1.82) is 0 Å². The number of aliphatic hydroxyl groups excluding tert-OH is 1. The van der Waals surface area contributed by atoms with E-state index in [1.807, 2.05) is 32.0 Å². The minimum Gasteiger partial charge on any atom is -0.482 e. The Labute approximate surface area is 113 Å². The van der Waals surface area contributed by atoms with Gasteiger partial charge in [-0.3, -0.25) is 4.79 Å². The van der Waals surface area contributed by atoms with Gasteiger partial charge in [0.25, 0.3) is 5.91 Å². The van der Waals surface area contributed by atoms with E-state index in [1.54, 1.807) is 0 Å². The van der Waals surface area contributed by atoms with Gasteiger partial charge in [-0.1, -0.05) is 13.0 Å². The van der Waals surface area contributed by atoms with Crippen molar-refractivity contribution in [3.05, 3.63) is 23.8 Å². The fraction of sp³-hybridized carbons (Fsp3) is 0.500. The topological polar surface area (TPSA) is 70.6 Å². The SMILES string of the molecule is CC(CO)C(C)NCc1ccc2c(c1)NC(=O)CO2. The van der Waals surface area contributed by atoms with Crippen LogP contribution in [0.2, 0.25) is 0 Å². The summed E-state index contributed by atoms with van der Waals surface area (Å²) in [5, 5.41) is 15.2. The molecule has 5 heteroatoms. The van der Waals surface area contributed by atoms with Crippen LogP contribution in [0.25, 0.3) is 0 Å². The number of carbonyl (C=O) groups excluding carboxylic acids is 1. The quantitative estimate of drug-likeness (QED) is 0.745. The van der Waals surface area contributed by atoms with E-state index < -0.39 is 0 Å². The van der Waals surface area contributed by atoms with Crippen LogP contribution in [0, 0.1) is 5.92 Å². The summed E-state index contributed by atoms with van der Waals surface area (Å²) in [6, 6.07) is 5.98. The molecule has 2 unspecified atom stereocenters. The molecule has 0 saturated carbocycles. The molecule has 3 N–H and O–H groups in total. The lowest BCUT2D eigenvalue weighted by atomic mass is 10.0. The zero-order valence-electron chi connectivity index (χ0n) is 11.3. The summed E-state index contributed by atoms with van der Waals surface area (Å²) >= 11 is 0. The van der Waals surface area contributed by atoms with Crippen LogP contribution in [0.15, 0.2) is 18.2 Å². The van der Waals surface area contributed by atoms with Crippen molar-refractivity contribution in [1.82, 2.24) is 5.32 Å². The lowest BCUT2D eigenvalue weighted by molar-refractivity contribution is -0.118. The molecule has 104 valence electrons. The van der Waals surface area contributed by atoms with Crippen LogP contribution in [0.4, 0.5) is 5.69 Å². The maximum Gasteiger partial charge on any atom is 0.262 e. The number of aliphatic hydroxyl groups is 1. The van der Waals surface area contributed by atoms with Gasteiger partial charge in [0.05, 0.1) is 5.69 Å². The van der Waals surface area contributed by atoms with Crippen molar-refractivity contribution >= 4 is 11.6 Å². The molecule has 2 rings (SSSR count). The van der Waals surface area contributed by atoms with Gasteiger partial charge in [-0.05, 0) is 30.5 Å². The van der Waals surface area contributed by atoms with Crippen LogP contribution in [0.3, 0.4) is 0 Å². The third-order valence-electron chi connectivity index (χ3n) is 3.45. The third kappa shape index (κ3) is 3.45. The number of rotatable bonds is 5. The molecule has 19 heavy (non-hydrogen) atoms. The fourth-order valence-corrected chi connectivity index (χ4v) is 1.88. The van der Waals surface area contributed by atoms with E-state index in [9.17, 15) is 4.79 Å². The normalized spacial score (nSPS) is 17.1. The maximum absolute atomic E-state index is 11.3. The van der Waals surface area contributed by atoms with E-state index in [-0.39, 0.29) is 31.1 Å².